The summed E-state index contributed by atoms with van der Waals surface area (Å²) < 4.78 is 1.90. The third kappa shape index (κ3) is 2.14. The average Bonchev–Trinajstić information content (AvgIpc) is 2.62. The van der Waals surface area contributed by atoms with E-state index >= 15 is 0 Å². The van der Waals surface area contributed by atoms with Crippen LogP contribution in [0, 0.1) is 6.92 Å². The van der Waals surface area contributed by atoms with Gasteiger partial charge in [-0.2, -0.15) is 5.10 Å². The van der Waals surface area contributed by atoms with Crippen LogP contribution in [0.15, 0.2) is 30.3 Å². The fourth-order valence-corrected chi connectivity index (χ4v) is 1.75. The molecule has 16 heavy (non-hydrogen) atoms. The van der Waals surface area contributed by atoms with Crippen LogP contribution in [0.5, 0.6) is 0 Å². The molecule has 3 nitrogen and oxygen atoms in total. The Balaban J connectivity index is 2.33. The summed E-state index contributed by atoms with van der Waals surface area (Å²) in [5.74, 6) is 0. The number of hydrogen-bond donors (Lipinski definition) is 1. The minimum atomic E-state index is 0.660. The average molecular weight is 215 g/mol. The summed E-state index contributed by atoms with van der Waals surface area (Å²) in [6.45, 7) is 2.74. The molecule has 2 aromatic rings. The maximum atomic E-state index is 5.56. The number of aromatic nitrogens is 2. The minimum Gasteiger partial charge on any atom is -0.330 e. The first-order valence-corrected chi connectivity index (χ1v) is 5.50. The van der Waals surface area contributed by atoms with Crippen molar-refractivity contribution in [1.29, 1.82) is 0 Å². The van der Waals surface area contributed by atoms with Gasteiger partial charge in [0.15, 0.2) is 0 Å². The fourth-order valence-electron chi connectivity index (χ4n) is 1.75. The first kappa shape index (κ1) is 10.9. The Morgan fingerprint density at radius 1 is 1.25 bits per heavy atom. The maximum Gasteiger partial charge on any atom is 0.0925 e. The van der Waals surface area contributed by atoms with Gasteiger partial charge in [0.1, 0.15) is 0 Å². The molecule has 0 fully saturated rings. The first-order valence-electron chi connectivity index (χ1n) is 5.50. The monoisotopic (exact) mass is 215 g/mol. The highest BCUT2D eigenvalue weighted by Gasteiger charge is 2.05. The molecular formula is C13H17N3. The highest BCUT2D eigenvalue weighted by atomic mass is 15.3. The van der Waals surface area contributed by atoms with Crippen molar-refractivity contribution in [3.8, 4) is 11.3 Å². The standard InChI is InChI=1S/C13H17N3/c1-10-3-5-11(6-4-10)13-9-12(7-8-14)16(2)15-13/h3-6,9H,7-8,14H2,1-2H3. The van der Waals surface area contributed by atoms with E-state index in [1.807, 2.05) is 11.7 Å². The summed E-state index contributed by atoms with van der Waals surface area (Å²) in [5.41, 5.74) is 10.2. The van der Waals surface area contributed by atoms with Crippen LogP contribution in [-0.4, -0.2) is 16.3 Å². The molecule has 0 aliphatic carbocycles. The zero-order valence-electron chi connectivity index (χ0n) is 9.77. The van der Waals surface area contributed by atoms with Crippen LogP contribution in [0.3, 0.4) is 0 Å². The largest absolute Gasteiger partial charge is 0.330 e. The van der Waals surface area contributed by atoms with E-state index in [1.165, 1.54) is 11.3 Å². The molecular weight excluding hydrogens is 198 g/mol. The predicted molar refractivity (Wildman–Crippen MR) is 66.1 cm³/mol. The van der Waals surface area contributed by atoms with Gasteiger partial charge in [-0.3, -0.25) is 4.68 Å². The van der Waals surface area contributed by atoms with E-state index in [1.54, 1.807) is 0 Å². The SMILES string of the molecule is Cc1ccc(-c2cc(CCN)n(C)n2)cc1. The van der Waals surface area contributed by atoms with Gasteiger partial charge >= 0.3 is 0 Å². The maximum absolute atomic E-state index is 5.56. The molecule has 0 radical (unpaired) electrons. The van der Waals surface area contributed by atoms with Gasteiger partial charge in [-0.1, -0.05) is 29.8 Å². The van der Waals surface area contributed by atoms with Crippen LogP contribution in [0.25, 0.3) is 11.3 Å². The Labute approximate surface area is 95.9 Å². The van der Waals surface area contributed by atoms with Crippen LogP contribution >= 0.6 is 0 Å². The molecule has 2 rings (SSSR count). The highest BCUT2D eigenvalue weighted by Crippen LogP contribution is 2.19. The lowest BCUT2D eigenvalue weighted by Gasteiger charge is -1.96. The van der Waals surface area contributed by atoms with E-state index in [9.17, 15) is 0 Å². The smallest absolute Gasteiger partial charge is 0.0925 e. The molecule has 1 heterocycles. The Morgan fingerprint density at radius 3 is 2.56 bits per heavy atom. The summed E-state index contributed by atoms with van der Waals surface area (Å²) in [7, 11) is 1.96. The van der Waals surface area contributed by atoms with Gasteiger partial charge in [0.05, 0.1) is 5.69 Å². The molecule has 0 spiro atoms. The molecule has 0 unspecified atom stereocenters. The predicted octanol–water partition coefficient (Wildman–Crippen LogP) is 1.90. The van der Waals surface area contributed by atoms with Crippen LogP contribution in [0.1, 0.15) is 11.3 Å². The molecule has 0 bridgehead atoms. The number of nitrogens with zero attached hydrogens (tertiary/aromatic N) is 2. The molecule has 84 valence electrons. The van der Waals surface area contributed by atoms with Gasteiger partial charge in [0, 0.05) is 24.7 Å². The highest BCUT2D eigenvalue weighted by molar-refractivity contribution is 5.59. The van der Waals surface area contributed by atoms with Crippen LogP contribution in [-0.2, 0) is 13.5 Å². The summed E-state index contributed by atoms with van der Waals surface area (Å²) in [4.78, 5) is 0. The summed E-state index contributed by atoms with van der Waals surface area (Å²) in [6.07, 6.45) is 0.870. The lowest BCUT2D eigenvalue weighted by molar-refractivity contribution is 0.708. The molecule has 0 aliphatic rings. The van der Waals surface area contributed by atoms with Gasteiger partial charge in [-0.05, 0) is 19.5 Å². The quantitative estimate of drug-likeness (QED) is 0.849. The minimum absolute atomic E-state index is 0.660. The van der Waals surface area contributed by atoms with Crippen molar-refractivity contribution in [2.75, 3.05) is 6.54 Å². The van der Waals surface area contributed by atoms with E-state index in [0.29, 0.717) is 6.54 Å². The van der Waals surface area contributed by atoms with Gasteiger partial charge in [-0.15, -0.1) is 0 Å². The van der Waals surface area contributed by atoms with E-state index in [0.717, 1.165) is 17.7 Å². The normalized spacial score (nSPS) is 10.7. The fraction of sp³-hybridized carbons (Fsp3) is 0.308. The third-order valence-corrected chi connectivity index (χ3v) is 2.72. The second kappa shape index (κ2) is 4.49. The lowest BCUT2D eigenvalue weighted by atomic mass is 10.1. The van der Waals surface area contributed by atoms with Crippen LogP contribution < -0.4 is 5.73 Å². The third-order valence-electron chi connectivity index (χ3n) is 2.72. The molecule has 2 N–H and O–H groups in total. The zero-order chi connectivity index (χ0) is 11.5. The molecule has 0 aliphatic heterocycles. The zero-order valence-corrected chi connectivity index (χ0v) is 9.77. The van der Waals surface area contributed by atoms with Crippen LogP contribution in [0.4, 0.5) is 0 Å². The molecule has 1 aromatic carbocycles. The van der Waals surface area contributed by atoms with Crippen LogP contribution in [0.2, 0.25) is 0 Å². The van der Waals surface area contributed by atoms with Gasteiger partial charge in [0.25, 0.3) is 0 Å². The summed E-state index contributed by atoms with van der Waals surface area (Å²) in [6, 6.07) is 10.5. The molecule has 0 saturated carbocycles. The van der Waals surface area contributed by atoms with Crippen molar-refractivity contribution < 1.29 is 0 Å². The Morgan fingerprint density at radius 2 is 1.94 bits per heavy atom. The van der Waals surface area contributed by atoms with E-state index < -0.39 is 0 Å². The van der Waals surface area contributed by atoms with Crippen molar-refractivity contribution in [2.45, 2.75) is 13.3 Å². The second-order valence-electron chi connectivity index (χ2n) is 4.05. The van der Waals surface area contributed by atoms with Gasteiger partial charge in [-0.25, -0.2) is 0 Å². The Hall–Kier alpha value is -1.61. The van der Waals surface area contributed by atoms with Crippen molar-refractivity contribution in [3.63, 3.8) is 0 Å². The number of rotatable bonds is 3. The summed E-state index contributed by atoms with van der Waals surface area (Å²) >= 11 is 0. The topological polar surface area (TPSA) is 43.8 Å². The van der Waals surface area contributed by atoms with Crippen molar-refractivity contribution in [2.24, 2.45) is 12.8 Å². The number of hydrogen-bond acceptors (Lipinski definition) is 2. The van der Waals surface area contributed by atoms with E-state index in [2.05, 4.69) is 42.4 Å². The number of benzene rings is 1. The Bertz CT molecular complexity index is 468. The molecule has 1 aromatic heterocycles. The van der Waals surface area contributed by atoms with E-state index in [4.69, 9.17) is 5.73 Å². The van der Waals surface area contributed by atoms with Gasteiger partial charge < -0.3 is 5.73 Å². The lowest BCUT2D eigenvalue weighted by Crippen LogP contribution is -2.06. The van der Waals surface area contributed by atoms with Crippen molar-refractivity contribution in [3.05, 3.63) is 41.6 Å². The van der Waals surface area contributed by atoms with Crippen molar-refractivity contribution in [1.82, 2.24) is 9.78 Å². The Kier molecular flexibility index (Phi) is 3.06. The number of aryl methyl sites for hydroxylation is 2. The van der Waals surface area contributed by atoms with Gasteiger partial charge in [0.2, 0.25) is 0 Å². The van der Waals surface area contributed by atoms with E-state index in [-0.39, 0.29) is 0 Å². The molecule has 3 heteroatoms. The molecule has 0 amide bonds. The van der Waals surface area contributed by atoms with Crippen molar-refractivity contribution >= 4 is 0 Å². The molecule has 0 atom stereocenters. The second-order valence-corrected chi connectivity index (χ2v) is 4.05. The molecule has 0 saturated heterocycles. The number of nitrogens with two attached hydrogens (primary N) is 1. The summed E-state index contributed by atoms with van der Waals surface area (Å²) in [5, 5.41) is 4.49. The first-order chi connectivity index (χ1) is 7.70.